The van der Waals surface area contributed by atoms with Gasteiger partial charge in [-0.3, -0.25) is 14.3 Å². The molecule has 0 saturated carbocycles. The van der Waals surface area contributed by atoms with Crippen LogP contribution in [-0.2, 0) is 4.74 Å². The molecule has 2 atom stereocenters. The van der Waals surface area contributed by atoms with Gasteiger partial charge in [-0.15, -0.1) is 0 Å². The number of carbonyl (C=O) groups is 1. The number of hydrogen-bond donors (Lipinski definition) is 0. The van der Waals surface area contributed by atoms with E-state index in [1.54, 1.807) is 27.7 Å². The second kappa shape index (κ2) is 8.00. The maximum atomic E-state index is 13.6. The lowest BCUT2D eigenvalue weighted by atomic mass is 10.1. The molecular formula is C24H26ClN3O3. The average molecular weight is 440 g/mol. The molecule has 1 saturated heterocycles. The van der Waals surface area contributed by atoms with Crippen molar-refractivity contribution in [1.29, 1.82) is 0 Å². The third kappa shape index (κ3) is 4.17. The molecule has 1 aliphatic heterocycles. The number of likely N-dealkylation sites (tertiary alicyclic amines) is 1. The summed E-state index contributed by atoms with van der Waals surface area (Å²) in [6, 6.07) is 14.2. The molecule has 0 bridgehead atoms. The van der Waals surface area contributed by atoms with Gasteiger partial charge in [-0.25, -0.2) is 9.78 Å². The number of rotatable bonds is 2. The molecule has 0 spiro atoms. The Morgan fingerprint density at radius 1 is 1.13 bits per heavy atom. The summed E-state index contributed by atoms with van der Waals surface area (Å²) in [4.78, 5) is 33.2. The van der Waals surface area contributed by atoms with Crippen LogP contribution < -0.4 is 5.56 Å². The van der Waals surface area contributed by atoms with Gasteiger partial charge in [0.2, 0.25) is 0 Å². The highest BCUT2D eigenvalue weighted by molar-refractivity contribution is 6.35. The number of para-hydroxylation sites is 1. The van der Waals surface area contributed by atoms with Crippen LogP contribution in [-0.4, -0.2) is 32.7 Å². The highest BCUT2D eigenvalue weighted by Gasteiger charge is 2.39. The first-order valence-corrected chi connectivity index (χ1v) is 10.8. The summed E-state index contributed by atoms with van der Waals surface area (Å²) in [6.45, 7) is 8.15. The minimum Gasteiger partial charge on any atom is -0.444 e. The van der Waals surface area contributed by atoms with Crippen molar-refractivity contribution in [1.82, 2.24) is 14.5 Å². The number of amides is 1. The van der Waals surface area contributed by atoms with Gasteiger partial charge < -0.3 is 4.74 Å². The maximum Gasteiger partial charge on any atom is 0.410 e. The monoisotopic (exact) mass is 439 g/mol. The molecule has 3 aromatic rings. The number of aromatic nitrogens is 2. The molecule has 1 aromatic heterocycles. The summed E-state index contributed by atoms with van der Waals surface area (Å²) in [5.41, 5.74) is 0.334. The van der Waals surface area contributed by atoms with Crippen molar-refractivity contribution in [3.63, 3.8) is 0 Å². The minimum atomic E-state index is -0.614. The van der Waals surface area contributed by atoms with Crippen molar-refractivity contribution >= 4 is 28.6 Å². The van der Waals surface area contributed by atoms with Gasteiger partial charge in [-0.2, -0.15) is 0 Å². The molecule has 1 fully saturated rings. The normalized spacial score (nSPS) is 19.1. The quantitative estimate of drug-likeness (QED) is 0.539. The topological polar surface area (TPSA) is 64.4 Å². The van der Waals surface area contributed by atoms with Crippen LogP contribution in [0.25, 0.3) is 16.6 Å². The Morgan fingerprint density at radius 2 is 1.84 bits per heavy atom. The highest BCUT2D eigenvalue weighted by Crippen LogP contribution is 2.36. The van der Waals surface area contributed by atoms with E-state index in [0.29, 0.717) is 40.4 Å². The second-order valence-corrected chi connectivity index (χ2v) is 9.48. The Kier molecular flexibility index (Phi) is 5.52. The van der Waals surface area contributed by atoms with E-state index >= 15 is 0 Å². The molecule has 7 heteroatoms. The van der Waals surface area contributed by atoms with Crippen LogP contribution in [0.5, 0.6) is 0 Å². The Hall–Kier alpha value is -2.86. The molecule has 0 N–H and O–H groups in total. The van der Waals surface area contributed by atoms with Crippen molar-refractivity contribution in [2.24, 2.45) is 5.92 Å². The lowest BCUT2D eigenvalue weighted by Gasteiger charge is -2.29. The molecule has 162 valence electrons. The molecule has 1 amide bonds. The molecule has 1 aliphatic rings. The molecule has 6 nitrogen and oxygen atoms in total. The van der Waals surface area contributed by atoms with Gasteiger partial charge in [0, 0.05) is 6.54 Å². The summed E-state index contributed by atoms with van der Waals surface area (Å²) < 4.78 is 7.23. The first-order chi connectivity index (χ1) is 14.7. The predicted octanol–water partition coefficient (Wildman–Crippen LogP) is 5.36. The zero-order valence-corrected chi connectivity index (χ0v) is 18.9. The summed E-state index contributed by atoms with van der Waals surface area (Å²) in [7, 11) is 0. The third-order valence-corrected chi connectivity index (χ3v) is 5.64. The van der Waals surface area contributed by atoms with Gasteiger partial charge in [0.1, 0.15) is 11.4 Å². The summed E-state index contributed by atoms with van der Waals surface area (Å²) in [6.07, 6.45) is 0.284. The molecule has 4 rings (SSSR count). The molecule has 0 aliphatic carbocycles. The van der Waals surface area contributed by atoms with E-state index in [0.717, 1.165) is 0 Å². The Morgan fingerprint density at radius 3 is 2.52 bits per heavy atom. The van der Waals surface area contributed by atoms with E-state index in [1.165, 1.54) is 0 Å². The van der Waals surface area contributed by atoms with E-state index in [1.807, 2.05) is 51.1 Å². The van der Waals surface area contributed by atoms with Crippen molar-refractivity contribution in [2.45, 2.75) is 45.8 Å². The van der Waals surface area contributed by atoms with E-state index in [-0.39, 0.29) is 17.5 Å². The number of carbonyl (C=O) groups excluding carboxylic acids is 1. The van der Waals surface area contributed by atoms with Crippen LogP contribution in [0.15, 0.2) is 53.3 Å². The van der Waals surface area contributed by atoms with E-state index < -0.39 is 11.7 Å². The first-order valence-electron chi connectivity index (χ1n) is 10.4. The van der Waals surface area contributed by atoms with Crippen LogP contribution in [0.3, 0.4) is 0 Å². The maximum absolute atomic E-state index is 13.6. The molecule has 0 unspecified atom stereocenters. The Bertz CT molecular complexity index is 1180. The summed E-state index contributed by atoms with van der Waals surface area (Å²) >= 11 is 6.37. The fourth-order valence-electron chi connectivity index (χ4n) is 4.07. The Labute approximate surface area is 186 Å². The van der Waals surface area contributed by atoms with Gasteiger partial charge in [-0.05, 0) is 57.4 Å². The highest BCUT2D eigenvalue weighted by atomic mass is 35.5. The number of fused-ring (bicyclic) bond motifs is 1. The molecule has 2 aromatic carbocycles. The van der Waals surface area contributed by atoms with Crippen LogP contribution in [0.2, 0.25) is 5.02 Å². The lowest BCUT2D eigenvalue weighted by Crippen LogP contribution is -2.39. The molecule has 31 heavy (non-hydrogen) atoms. The fraction of sp³-hybridized carbons (Fsp3) is 0.375. The fourth-order valence-corrected chi connectivity index (χ4v) is 4.32. The zero-order chi connectivity index (χ0) is 22.3. The smallest absolute Gasteiger partial charge is 0.410 e. The van der Waals surface area contributed by atoms with E-state index in [4.69, 9.17) is 21.3 Å². The van der Waals surface area contributed by atoms with Crippen molar-refractivity contribution < 1.29 is 9.53 Å². The zero-order valence-electron chi connectivity index (χ0n) is 18.1. The van der Waals surface area contributed by atoms with Gasteiger partial charge in [0.15, 0.2) is 0 Å². The molecular weight excluding hydrogens is 414 g/mol. The number of hydrogen-bond acceptors (Lipinski definition) is 4. The minimum absolute atomic E-state index is 0.244. The first kappa shape index (κ1) is 21.4. The largest absolute Gasteiger partial charge is 0.444 e. The van der Waals surface area contributed by atoms with Crippen LogP contribution in [0.1, 0.15) is 46.0 Å². The van der Waals surface area contributed by atoms with E-state index in [2.05, 4.69) is 6.92 Å². The van der Waals surface area contributed by atoms with Crippen molar-refractivity contribution in [3.05, 3.63) is 69.7 Å². The summed E-state index contributed by atoms with van der Waals surface area (Å²) in [5, 5.41) is 0.724. The van der Waals surface area contributed by atoms with Crippen LogP contribution >= 0.6 is 11.6 Å². The predicted molar refractivity (Wildman–Crippen MR) is 122 cm³/mol. The number of ether oxygens (including phenoxy) is 1. The van der Waals surface area contributed by atoms with Gasteiger partial charge >= 0.3 is 6.09 Å². The van der Waals surface area contributed by atoms with Crippen LogP contribution in [0, 0.1) is 5.92 Å². The van der Waals surface area contributed by atoms with Gasteiger partial charge in [0.25, 0.3) is 5.56 Å². The van der Waals surface area contributed by atoms with Crippen molar-refractivity contribution in [2.75, 3.05) is 6.54 Å². The number of benzene rings is 2. The van der Waals surface area contributed by atoms with Crippen molar-refractivity contribution in [3.8, 4) is 5.69 Å². The molecule has 0 radical (unpaired) electrons. The third-order valence-electron chi connectivity index (χ3n) is 5.32. The Balaban J connectivity index is 1.94. The average Bonchev–Trinajstić information content (AvgIpc) is 3.09. The number of halogens is 1. The standard InChI is InChI=1S/C24H26ClN3O3/c1-15-13-19(27(14-15)23(30)31-24(2,3)4)21-26-18-12-8-11-17(25)20(18)22(29)28(21)16-9-6-5-7-10-16/h5-12,15,19H,13-14H2,1-4H3/t15-,19+/m1/s1. The second-order valence-electron chi connectivity index (χ2n) is 9.07. The summed E-state index contributed by atoms with van der Waals surface area (Å²) in [5.74, 6) is 0.759. The van der Waals surface area contributed by atoms with E-state index in [9.17, 15) is 9.59 Å². The number of nitrogens with zero attached hydrogens (tertiary/aromatic N) is 3. The molecule has 2 heterocycles. The van der Waals surface area contributed by atoms with Gasteiger partial charge in [-0.1, -0.05) is 42.8 Å². The van der Waals surface area contributed by atoms with Gasteiger partial charge in [0.05, 0.1) is 27.7 Å². The van der Waals surface area contributed by atoms with Crippen LogP contribution in [0.4, 0.5) is 4.79 Å². The lowest BCUT2D eigenvalue weighted by molar-refractivity contribution is 0.0212. The SMILES string of the molecule is C[C@@H]1C[C@@H](c2nc3cccc(Cl)c3c(=O)n2-c2ccccc2)N(C(=O)OC(C)(C)C)C1.